The molecule has 2 heterocycles. The lowest BCUT2D eigenvalue weighted by Crippen LogP contribution is -2.53. The normalized spacial score (nSPS) is 22.6. The summed E-state index contributed by atoms with van der Waals surface area (Å²) in [5, 5.41) is 6.18. The van der Waals surface area contributed by atoms with E-state index in [0.29, 0.717) is 31.7 Å². The summed E-state index contributed by atoms with van der Waals surface area (Å²) in [4.78, 5) is 41.8. The van der Waals surface area contributed by atoms with Crippen molar-refractivity contribution in [3.63, 3.8) is 0 Å². The molecular weight excluding hydrogens is 423 g/mol. The Balaban J connectivity index is 1.23. The van der Waals surface area contributed by atoms with Crippen molar-refractivity contribution >= 4 is 17.8 Å². The Hall–Kier alpha value is -2.64. The molecule has 0 spiro atoms. The van der Waals surface area contributed by atoms with E-state index in [-0.39, 0.29) is 41.7 Å². The first-order valence-electron chi connectivity index (χ1n) is 12.4. The van der Waals surface area contributed by atoms with Crippen molar-refractivity contribution in [2.45, 2.75) is 69.9 Å². The number of urea groups is 1. The predicted molar refractivity (Wildman–Crippen MR) is 123 cm³/mol. The molecular formula is C25H35FN4O3. The molecule has 4 amide bonds. The van der Waals surface area contributed by atoms with Gasteiger partial charge in [-0.1, -0.05) is 19.3 Å². The largest absolute Gasteiger partial charge is 0.342 e. The Morgan fingerprint density at radius 3 is 2.06 bits per heavy atom. The number of carbonyl (C=O) groups excluding carboxylic acids is 3. The molecule has 1 aromatic carbocycles. The summed E-state index contributed by atoms with van der Waals surface area (Å²) in [5.41, 5.74) is 0.447. The summed E-state index contributed by atoms with van der Waals surface area (Å²) in [6, 6.07) is 5.83. The molecule has 1 unspecified atom stereocenters. The summed E-state index contributed by atoms with van der Waals surface area (Å²) < 4.78 is 13.2. The Morgan fingerprint density at radius 1 is 0.758 bits per heavy atom. The van der Waals surface area contributed by atoms with Crippen LogP contribution in [0, 0.1) is 11.7 Å². The fourth-order valence-electron chi connectivity index (χ4n) is 5.30. The van der Waals surface area contributed by atoms with Crippen molar-refractivity contribution in [3.8, 4) is 0 Å². The van der Waals surface area contributed by atoms with Gasteiger partial charge in [-0.3, -0.25) is 9.59 Å². The van der Waals surface area contributed by atoms with E-state index in [2.05, 4.69) is 10.6 Å². The lowest BCUT2D eigenvalue weighted by molar-refractivity contribution is -0.138. The number of nitrogens with zero attached hydrogens (tertiary/aromatic N) is 2. The number of carbonyl (C=O) groups is 3. The van der Waals surface area contributed by atoms with Gasteiger partial charge in [0.2, 0.25) is 5.91 Å². The van der Waals surface area contributed by atoms with E-state index in [0.717, 1.165) is 38.5 Å². The van der Waals surface area contributed by atoms with E-state index in [4.69, 9.17) is 0 Å². The Morgan fingerprint density at radius 2 is 1.39 bits per heavy atom. The van der Waals surface area contributed by atoms with Crippen LogP contribution >= 0.6 is 0 Å². The highest BCUT2D eigenvalue weighted by Gasteiger charge is 2.33. The molecule has 4 rings (SSSR count). The van der Waals surface area contributed by atoms with Gasteiger partial charge in [-0.2, -0.15) is 0 Å². The fourth-order valence-corrected chi connectivity index (χ4v) is 5.30. The van der Waals surface area contributed by atoms with Crippen molar-refractivity contribution in [3.05, 3.63) is 35.6 Å². The molecule has 0 bridgehead atoms. The zero-order valence-corrected chi connectivity index (χ0v) is 19.2. The first-order chi connectivity index (χ1) is 16.0. The van der Waals surface area contributed by atoms with Crippen LogP contribution < -0.4 is 10.6 Å². The zero-order chi connectivity index (χ0) is 23.2. The average Bonchev–Trinajstić information content (AvgIpc) is 2.85. The second kappa shape index (κ2) is 11.0. The van der Waals surface area contributed by atoms with E-state index in [1.54, 1.807) is 4.90 Å². The van der Waals surface area contributed by atoms with Crippen LogP contribution in [0.4, 0.5) is 9.18 Å². The minimum atomic E-state index is -0.373. The molecule has 33 heavy (non-hydrogen) atoms. The highest BCUT2D eigenvalue weighted by molar-refractivity contribution is 5.94. The molecule has 1 atom stereocenters. The Bertz CT molecular complexity index is 833. The minimum Gasteiger partial charge on any atom is -0.342 e. The number of likely N-dealkylation sites (tertiary alicyclic amines) is 2. The number of hydrogen-bond acceptors (Lipinski definition) is 3. The molecule has 3 fully saturated rings. The van der Waals surface area contributed by atoms with Crippen molar-refractivity contribution < 1.29 is 18.8 Å². The average molecular weight is 459 g/mol. The van der Waals surface area contributed by atoms with Crippen LogP contribution in [0.15, 0.2) is 24.3 Å². The van der Waals surface area contributed by atoms with E-state index in [9.17, 15) is 18.8 Å². The Labute approximate surface area is 195 Å². The predicted octanol–water partition coefficient (Wildman–Crippen LogP) is 3.30. The van der Waals surface area contributed by atoms with E-state index < -0.39 is 0 Å². The number of halogens is 1. The SMILES string of the molecule is O=C(NC1CCCCC1)NC1CCN(C(=O)C2CCCN(C(=O)c3ccc(F)cc3)C2)CC1. The van der Waals surface area contributed by atoms with E-state index in [1.165, 1.54) is 43.5 Å². The van der Waals surface area contributed by atoms with Crippen molar-refractivity contribution in [2.24, 2.45) is 5.92 Å². The topological polar surface area (TPSA) is 81.8 Å². The third-order valence-electron chi connectivity index (χ3n) is 7.23. The van der Waals surface area contributed by atoms with Gasteiger partial charge >= 0.3 is 6.03 Å². The maximum absolute atomic E-state index is 13.2. The third-order valence-corrected chi connectivity index (χ3v) is 7.23. The fraction of sp³-hybridized carbons (Fsp3) is 0.640. The van der Waals surface area contributed by atoms with Crippen LogP contribution in [-0.4, -0.2) is 65.9 Å². The molecule has 2 saturated heterocycles. The van der Waals surface area contributed by atoms with Gasteiger partial charge in [0.1, 0.15) is 5.82 Å². The van der Waals surface area contributed by atoms with Crippen LogP contribution in [0.2, 0.25) is 0 Å². The molecule has 2 aliphatic heterocycles. The van der Waals surface area contributed by atoms with Gasteiger partial charge in [0.25, 0.3) is 5.91 Å². The van der Waals surface area contributed by atoms with Crippen LogP contribution in [0.3, 0.4) is 0 Å². The maximum Gasteiger partial charge on any atom is 0.315 e. The van der Waals surface area contributed by atoms with Crippen LogP contribution in [0.5, 0.6) is 0 Å². The molecule has 1 aromatic rings. The highest BCUT2D eigenvalue weighted by Crippen LogP contribution is 2.23. The van der Waals surface area contributed by atoms with Gasteiger partial charge in [0.15, 0.2) is 0 Å². The van der Waals surface area contributed by atoms with Gasteiger partial charge < -0.3 is 20.4 Å². The van der Waals surface area contributed by atoms with Crippen molar-refractivity contribution in [1.29, 1.82) is 0 Å². The molecule has 1 saturated carbocycles. The maximum atomic E-state index is 13.2. The second-order valence-corrected chi connectivity index (χ2v) is 9.65. The van der Waals surface area contributed by atoms with Gasteiger partial charge in [-0.05, 0) is 62.8 Å². The monoisotopic (exact) mass is 458 g/mol. The van der Waals surface area contributed by atoms with Gasteiger partial charge in [-0.25, -0.2) is 9.18 Å². The molecule has 8 heteroatoms. The number of hydrogen-bond donors (Lipinski definition) is 2. The highest BCUT2D eigenvalue weighted by atomic mass is 19.1. The van der Waals surface area contributed by atoms with Crippen LogP contribution in [0.25, 0.3) is 0 Å². The summed E-state index contributed by atoms with van der Waals surface area (Å²) in [7, 11) is 0. The van der Waals surface area contributed by atoms with E-state index in [1.807, 2.05) is 4.90 Å². The molecule has 3 aliphatic rings. The number of nitrogens with one attached hydrogen (secondary N) is 2. The smallest absolute Gasteiger partial charge is 0.315 e. The standard InChI is InChI=1S/C25H35FN4O3/c26-20-10-8-18(9-11-20)23(31)30-14-4-5-19(17-30)24(32)29-15-12-22(13-16-29)28-25(33)27-21-6-2-1-3-7-21/h8-11,19,21-22H,1-7,12-17H2,(H2,27,28,33). The van der Waals surface area contributed by atoms with E-state index >= 15 is 0 Å². The molecule has 180 valence electrons. The van der Waals surface area contributed by atoms with Gasteiger partial charge in [-0.15, -0.1) is 0 Å². The molecule has 7 nitrogen and oxygen atoms in total. The third kappa shape index (κ3) is 6.24. The quantitative estimate of drug-likeness (QED) is 0.726. The molecule has 0 aromatic heterocycles. The molecule has 0 radical (unpaired) electrons. The minimum absolute atomic E-state index is 0.0838. The summed E-state index contributed by atoms with van der Waals surface area (Å²) >= 11 is 0. The first-order valence-corrected chi connectivity index (χ1v) is 12.4. The number of benzene rings is 1. The van der Waals surface area contributed by atoms with Gasteiger partial charge in [0, 0.05) is 43.8 Å². The number of amides is 4. The molecule has 2 N–H and O–H groups in total. The zero-order valence-electron chi connectivity index (χ0n) is 19.2. The lowest BCUT2D eigenvalue weighted by Gasteiger charge is -2.38. The van der Waals surface area contributed by atoms with Crippen molar-refractivity contribution in [1.82, 2.24) is 20.4 Å². The lowest BCUT2D eigenvalue weighted by atomic mass is 9.94. The number of rotatable bonds is 4. The first kappa shape index (κ1) is 23.5. The second-order valence-electron chi connectivity index (χ2n) is 9.65. The van der Waals surface area contributed by atoms with Gasteiger partial charge in [0.05, 0.1) is 5.92 Å². The van der Waals surface area contributed by atoms with Crippen LogP contribution in [-0.2, 0) is 4.79 Å². The molecule has 1 aliphatic carbocycles. The Kier molecular flexibility index (Phi) is 7.83. The summed E-state index contributed by atoms with van der Waals surface area (Å²) in [6.07, 6.45) is 8.77. The van der Waals surface area contributed by atoms with Crippen molar-refractivity contribution in [2.75, 3.05) is 26.2 Å². The summed E-state index contributed by atoms with van der Waals surface area (Å²) in [6.45, 7) is 2.25. The summed E-state index contributed by atoms with van der Waals surface area (Å²) in [5.74, 6) is -0.638. The number of piperidine rings is 2. The van der Waals surface area contributed by atoms with Crippen LogP contribution in [0.1, 0.15) is 68.1 Å².